The summed E-state index contributed by atoms with van der Waals surface area (Å²) in [5, 5.41) is 3.19. The zero-order valence-electron chi connectivity index (χ0n) is 10.7. The average molecular weight is 223 g/mol. The Bertz CT molecular complexity index is 243. The number of rotatable bonds is 3. The molecule has 2 nitrogen and oxygen atoms in total. The molecule has 2 heteroatoms. The van der Waals surface area contributed by atoms with E-state index in [0.717, 1.165) is 18.8 Å². The van der Waals surface area contributed by atoms with E-state index in [1.54, 1.807) is 0 Å². The highest BCUT2D eigenvalue weighted by molar-refractivity contribution is 5.79. The Morgan fingerprint density at radius 3 is 2.56 bits per heavy atom. The predicted molar refractivity (Wildman–Crippen MR) is 66.1 cm³/mol. The first-order valence-electron chi connectivity index (χ1n) is 6.96. The predicted octanol–water partition coefficient (Wildman–Crippen LogP) is 3.12. The van der Waals surface area contributed by atoms with Gasteiger partial charge in [0.25, 0.3) is 0 Å². The number of hydrogen-bond donors (Lipinski definition) is 1. The van der Waals surface area contributed by atoms with Crippen LogP contribution in [0.1, 0.15) is 58.8 Å². The van der Waals surface area contributed by atoms with E-state index in [2.05, 4.69) is 19.2 Å². The van der Waals surface area contributed by atoms with Crippen LogP contribution >= 0.6 is 0 Å². The van der Waals surface area contributed by atoms with Crippen LogP contribution in [-0.4, -0.2) is 11.9 Å². The quantitative estimate of drug-likeness (QED) is 0.782. The minimum absolute atomic E-state index is 0.293. The van der Waals surface area contributed by atoms with E-state index >= 15 is 0 Å². The molecule has 16 heavy (non-hydrogen) atoms. The summed E-state index contributed by atoms with van der Waals surface area (Å²) in [7, 11) is 0. The molecule has 0 spiro atoms. The summed E-state index contributed by atoms with van der Waals surface area (Å²) >= 11 is 0. The molecule has 2 fully saturated rings. The lowest BCUT2D eigenvalue weighted by Crippen LogP contribution is -2.34. The fourth-order valence-corrected chi connectivity index (χ4v) is 3.53. The Kier molecular flexibility index (Phi) is 3.88. The van der Waals surface area contributed by atoms with Gasteiger partial charge in [0.1, 0.15) is 0 Å². The van der Waals surface area contributed by atoms with Crippen LogP contribution in [-0.2, 0) is 4.79 Å². The summed E-state index contributed by atoms with van der Waals surface area (Å²) in [6.45, 7) is 4.50. The van der Waals surface area contributed by atoms with Gasteiger partial charge >= 0.3 is 0 Å². The molecule has 2 unspecified atom stereocenters. The van der Waals surface area contributed by atoms with Crippen molar-refractivity contribution in [3.05, 3.63) is 0 Å². The minimum Gasteiger partial charge on any atom is -0.353 e. The summed E-state index contributed by atoms with van der Waals surface area (Å²) < 4.78 is 0. The molecule has 0 aromatic rings. The molecule has 0 aromatic carbocycles. The molecule has 1 heterocycles. The highest BCUT2D eigenvalue weighted by Gasteiger charge is 2.37. The van der Waals surface area contributed by atoms with Gasteiger partial charge < -0.3 is 5.32 Å². The van der Waals surface area contributed by atoms with Crippen molar-refractivity contribution in [3.8, 4) is 0 Å². The third-order valence-corrected chi connectivity index (χ3v) is 4.26. The van der Waals surface area contributed by atoms with E-state index in [1.165, 1.54) is 32.1 Å². The topological polar surface area (TPSA) is 29.1 Å². The first-order chi connectivity index (χ1) is 7.66. The zero-order valence-corrected chi connectivity index (χ0v) is 10.7. The Labute approximate surface area is 99.2 Å². The average Bonchev–Trinajstić information content (AvgIpc) is 2.60. The molecule has 1 N–H and O–H groups in total. The van der Waals surface area contributed by atoms with E-state index in [0.29, 0.717) is 23.8 Å². The van der Waals surface area contributed by atoms with Crippen molar-refractivity contribution in [1.82, 2.24) is 5.32 Å². The number of carbonyl (C=O) groups is 1. The SMILES string of the molecule is CC(C)CC1NC(=O)CC1C1CCCCC1. The van der Waals surface area contributed by atoms with Gasteiger partial charge in [-0.05, 0) is 24.2 Å². The van der Waals surface area contributed by atoms with E-state index in [4.69, 9.17) is 0 Å². The van der Waals surface area contributed by atoms with Gasteiger partial charge in [-0.1, -0.05) is 46.0 Å². The molecule has 1 saturated heterocycles. The van der Waals surface area contributed by atoms with Crippen LogP contribution in [0.25, 0.3) is 0 Å². The van der Waals surface area contributed by atoms with E-state index in [-0.39, 0.29) is 0 Å². The lowest BCUT2D eigenvalue weighted by Gasteiger charge is -2.31. The van der Waals surface area contributed by atoms with E-state index < -0.39 is 0 Å². The maximum Gasteiger partial charge on any atom is 0.220 e. The largest absolute Gasteiger partial charge is 0.353 e. The second-order valence-corrected chi connectivity index (χ2v) is 6.07. The number of hydrogen-bond acceptors (Lipinski definition) is 1. The smallest absolute Gasteiger partial charge is 0.220 e. The van der Waals surface area contributed by atoms with Gasteiger partial charge in [-0.15, -0.1) is 0 Å². The van der Waals surface area contributed by atoms with Crippen molar-refractivity contribution < 1.29 is 4.79 Å². The van der Waals surface area contributed by atoms with Crippen molar-refractivity contribution in [2.75, 3.05) is 0 Å². The van der Waals surface area contributed by atoms with Crippen LogP contribution in [0.15, 0.2) is 0 Å². The van der Waals surface area contributed by atoms with Gasteiger partial charge in [-0.3, -0.25) is 4.79 Å². The van der Waals surface area contributed by atoms with Crippen LogP contribution in [0.2, 0.25) is 0 Å². The second-order valence-electron chi connectivity index (χ2n) is 6.07. The van der Waals surface area contributed by atoms with Crippen LogP contribution < -0.4 is 5.32 Å². The van der Waals surface area contributed by atoms with Gasteiger partial charge in [0.2, 0.25) is 5.91 Å². The molecule has 1 saturated carbocycles. The summed E-state index contributed by atoms with van der Waals surface area (Å²) in [5.41, 5.74) is 0. The van der Waals surface area contributed by atoms with Gasteiger partial charge in [-0.25, -0.2) is 0 Å². The highest BCUT2D eigenvalue weighted by atomic mass is 16.2. The fraction of sp³-hybridized carbons (Fsp3) is 0.929. The maximum atomic E-state index is 11.6. The van der Waals surface area contributed by atoms with Gasteiger partial charge in [0.05, 0.1) is 0 Å². The zero-order chi connectivity index (χ0) is 11.5. The minimum atomic E-state index is 0.293. The summed E-state index contributed by atoms with van der Waals surface area (Å²) in [6.07, 6.45) is 8.82. The van der Waals surface area contributed by atoms with Crippen LogP contribution in [0.4, 0.5) is 0 Å². The van der Waals surface area contributed by atoms with Crippen LogP contribution in [0, 0.1) is 17.8 Å². The van der Waals surface area contributed by atoms with Crippen molar-refractivity contribution >= 4 is 5.91 Å². The molecule has 1 aliphatic carbocycles. The second kappa shape index (κ2) is 5.20. The third-order valence-electron chi connectivity index (χ3n) is 4.26. The van der Waals surface area contributed by atoms with Gasteiger partial charge in [0.15, 0.2) is 0 Å². The molecule has 0 bridgehead atoms. The molecule has 2 aliphatic rings. The standard InChI is InChI=1S/C14H25NO/c1-10(2)8-13-12(9-14(16)15-13)11-6-4-3-5-7-11/h10-13H,3-9H2,1-2H3,(H,15,16). The molecule has 2 atom stereocenters. The van der Waals surface area contributed by atoms with E-state index in [9.17, 15) is 4.79 Å². The monoisotopic (exact) mass is 223 g/mol. The summed E-state index contributed by atoms with van der Waals surface area (Å²) in [5.74, 6) is 2.43. The van der Waals surface area contributed by atoms with Crippen molar-refractivity contribution in [3.63, 3.8) is 0 Å². The highest BCUT2D eigenvalue weighted by Crippen LogP contribution is 2.37. The lowest BCUT2D eigenvalue weighted by molar-refractivity contribution is -0.119. The lowest BCUT2D eigenvalue weighted by atomic mass is 9.75. The van der Waals surface area contributed by atoms with Gasteiger partial charge in [0, 0.05) is 12.5 Å². The first kappa shape index (κ1) is 11.9. The van der Waals surface area contributed by atoms with Crippen molar-refractivity contribution in [2.24, 2.45) is 17.8 Å². The Balaban J connectivity index is 1.96. The molecular weight excluding hydrogens is 198 g/mol. The van der Waals surface area contributed by atoms with Crippen molar-refractivity contribution in [1.29, 1.82) is 0 Å². The fourth-order valence-electron chi connectivity index (χ4n) is 3.53. The van der Waals surface area contributed by atoms with Crippen molar-refractivity contribution in [2.45, 2.75) is 64.8 Å². The Morgan fingerprint density at radius 1 is 1.25 bits per heavy atom. The number of amides is 1. The molecule has 92 valence electrons. The molecular formula is C14H25NO. The molecule has 0 radical (unpaired) electrons. The third kappa shape index (κ3) is 2.78. The van der Waals surface area contributed by atoms with Crippen LogP contribution in [0.3, 0.4) is 0 Å². The van der Waals surface area contributed by atoms with Crippen LogP contribution in [0.5, 0.6) is 0 Å². The first-order valence-corrected chi connectivity index (χ1v) is 6.96. The molecule has 2 rings (SSSR count). The molecule has 1 aliphatic heterocycles. The Hall–Kier alpha value is -0.530. The Morgan fingerprint density at radius 2 is 1.94 bits per heavy atom. The number of carbonyl (C=O) groups excluding carboxylic acids is 1. The maximum absolute atomic E-state index is 11.6. The summed E-state index contributed by atoms with van der Waals surface area (Å²) in [4.78, 5) is 11.6. The molecule has 1 amide bonds. The number of nitrogens with one attached hydrogen (secondary N) is 1. The molecule has 0 aromatic heterocycles. The normalized spacial score (nSPS) is 32.1. The van der Waals surface area contributed by atoms with Gasteiger partial charge in [-0.2, -0.15) is 0 Å². The van der Waals surface area contributed by atoms with E-state index in [1.807, 2.05) is 0 Å². The summed E-state index contributed by atoms with van der Waals surface area (Å²) in [6, 6.07) is 0.468.